The fourth-order valence-corrected chi connectivity index (χ4v) is 1.84. The molecule has 0 bridgehead atoms. The van der Waals surface area contributed by atoms with Crippen molar-refractivity contribution in [2.24, 2.45) is 0 Å². The third kappa shape index (κ3) is 4.58. The first kappa shape index (κ1) is 15.5. The van der Waals surface area contributed by atoms with Gasteiger partial charge in [0.1, 0.15) is 0 Å². The summed E-state index contributed by atoms with van der Waals surface area (Å²) >= 11 is 0. The zero-order valence-electron chi connectivity index (χ0n) is 12.8. The molecule has 2 N–H and O–H groups in total. The Morgan fingerprint density at radius 3 is 1.74 bits per heavy atom. The average Bonchev–Trinajstić information content (AvgIpc) is 2.23. The molecular weight excluding hydrogens is 238 g/mol. The van der Waals surface area contributed by atoms with Gasteiger partial charge in [0.15, 0.2) is 0 Å². The second-order valence-corrected chi connectivity index (χ2v) is 7.08. The largest absolute Gasteiger partial charge is 0.465 e. The monoisotopic (exact) mass is 263 g/mol. The van der Waals surface area contributed by atoms with E-state index in [0.29, 0.717) is 6.54 Å². The first-order valence-corrected chi connectivity index (χ1v) is 6.62. The highest BCUT2D eigenvalue weighted by Gasteiger charge is 2.20. The van der Waals surface area contributed by atoms with E-state index >= 15 is 0 Å². The minimum atomic E-state index is -0.988. The van der Waals surface area contributed by atoms with Crippen molar-refractivity contribution in [2.75, 3.05) is 0 Å². The van der Waals surface area contributed by atoms with E-state index in [0.717, 1.165) is 5.56 Å². The van der Waals surface area contributed by atoms with Gasteiger partial charge in [-0.3, -0.25) is 0 Å². The molecule has 0 aliphatic heterocycles. The minimum absolute atomic E-state index is 0.0548. The molecule has 0 aliphatic rings. The van der Waals surface area contributed by atoms with Crippen molar-refractivity contribution in [3.8, 4) is 0 Å². The summed E-state index contributed by atoms with van der Waals surface area (Å²) in [5, 5.41) is 11.2. The van der Waals surface area contributed by atoms with Gasteiger partial charge < -0.3 is 10.4 Å². The topological polar surface area (TPSA) is 49.3 Å². The Balaban J connectivity index is 3.21. The van der Waals surface area contributed by atoms with Gasteiger partial charge in [-0.2, -0.15) is 0 Å². The highest BCUT2D eigenvalue weighted by atomic mass is 16.4. The van der Waals surface area contributed by atoms with E-state index in [1.807, 2.05) is 0 Å². The molecule has 1 aromatic carbocycles. The number of hydrogen-bond donors (Lipinski definition) is 2. The second kappa shape index (κ2) is 5.24. The summed E-state index contributed by atoms with van der Waals surface area (Å²) in [7, 11) is 0. The number of nitrogens with one attached hydrogen (secondary N) is 1. The van der Waals surface area contributed by atoms with Crippen LogP contribution in [0.5, 0.6) is 0 Å². The molecule has 0 heterocycles. The van der Waals surface area contributed by atoms with Crippen LogP contribution < -0.4 is 5.32 Å². The fourth-order valence-electron chi connectivity index (χ4n) is 1.84. The molecule has 0 spiro atoms. The highest BCUT2D eigenvalue weighted by Crippen LogP contribution is 2.30. The molecule has 0 atom stereocenters. The van der Waals surface area contributed by atoms with Gasteiger partial charge >= 0.3 is 6.09 Å². The number of hydrogen-bond acceptors (Lipinski definition) is 1. The smallest absolute Gasteiger partial charge is 0.404 e. The van der Waals surface area contributed by atoms with Gasteiger partial charge in [0, 0.05) is 6.54 Å². The summed E-state index contributed by atoms with van der Waals surface area (Å²) in [4.78, 5) is 10.6. The number of benzene rings is 1. The first-order chi connectivity index (χ1) is 8.50. The summed E-state index contributed by atoms with van der Waals surface area (Å²) in [6, 6.07) is 6.40. The number of rotatable bonds is 2. The number of carboxylic acid groups (broad SMARTS) is 1. The van der Waals surface area contributed by atoms with Gasteiger partial charge in [-0.25, -0.2) is 4.79 Å². The maximum absolute atomic E-state index is 10.6. The standard InChI is InChI=1S/C16H25NO2/c1-15(2,3)12-7-11(10-17-14(18)19)8-13(9-12)16(4,5)6/h7-9,17H,10H2,1-6H3,(H,18,19). The van der Waals surface area contributed by atoms with E-state index < -0.39 is 6.09 Å². The van der Waals surface area contributed by atoms with Gasteiger partial charge in [0.2, 0.25) is 0 Å². The Bertz CT molecular complexity index is 432. The maximum atomic E-state index is 10.6. The predicted molar refractivity (Wildman–Crippen MR) is 78.7 cm³/mol. The molecule has 3 heteroatoms. The molecule has 0 aliphatic carbocycles. The van der Waals surface area contributed by atoms with E-state index in [4.69, 9.17) is 5.11 Å². The molecule has 1 amide bonds. The van der Waals surface area contributed by atoms with Crippen molar-refractivity contribution in [1.82, 2.24) is 5.32 Å². The van der Waals surface area contributed by atoms with Crippen LogP contribution in [0.25, 0.3) is 0 Å². The molecule has 0 saturated heterocycles. The number of amides is 1. The predicted octanol–water partition coefficient (Wildman–Crippen LogP) is 4.05. The maximum Gasteiger partial charge on any atom is 0.404 e. The van der Waals surface area contributed by atoms with Crippen LogP contribution in [0, 0.1) is 0 Å². The number of carbonyl (C=O) groups is 1. The van der Waals surface area contributed by atoms with Crippen molar-refractivity contribution in [2.45, 2.75) is 58.9 Å². The van der Waals surface area contributed by atoms with E-state index in [-0.39, 0.29) is 10.8 Å². The van der Waals surface area contributed by atoms with Crippen LogP contribution in [0.3, 0.4) is 0 Å². The molecule has 106 valence electrons. The molecular formula is C16H25NO2. The van der Waals surface area contributed by atoms with Crippen LogP contribution in [-0.2, 0) is 17.4 Å². The van der Waals surface area contributed by atoms with Crippen molar-refractivity contribution < 1.29 is 9.90 Å². The minimum Gasteiger partial charge on any atom is -0.465 e. The van der Waals surface area contributed by atoms with E-state index in [2.05, 4.69) is 65.1 Å². The van der Waals surface area contributed by atoms with E-state index in [1.54, 1.807) is 0 Å². The Hall–Kier alpha value is -1.51. The molecule has 1 aromatic rings. The first-order valence-electron chi connectivity index (χ1n) is 6.62. The van der Waals surface area contributed by atoms with Crippen molar-refractivity contribution in [1.29, 1.82) is 0 Å². The lowest BCUT2D eigenvalue weighted by Crippen LogP contribution is -2.22. The van der Waals surface area contributed by atoms with Crippen LogP contribution in [-0.4, -0.2) is 11.2 Å². The molecule has 0 unspecified atom stereocenters. The summed E-state index contributed by atoms with van der Waals surface area (Å²) in [5.41, 5.74) is 3.60. The molecule has 1 rings (SSSR count). The molecule has 0 saturated carbocycles. The van der Waals surface area contributed by atoms with E-state index in [1.165, 1.54) is 11.1 Å². The highest BCUT2D eigenvalue weighted by molar-refractivity contribution is 5.64. The lowest BCUT2D eigenvalue weighted by molar-refractivity contribution is 0.194. The average molecular weight is 263 g/mol. The molecule has 19 heavy (non-hydrogen) atoms. The third-order valence-electron chi connectivity index (χ3n) is 3.17. The van der Waals surface area contributed by atoms with Gasteiger partial charge in [0.25, 0.3) is 0 Å². The summed E-state index contributed by atoms with van der Waals surface area (Å²) in [5.74, 6) is 0. The quantitative estimate of drug-likeness (QED) is 0.845. The normalized spacial score (nSPS) is 12.3. The summed E-state index contributed by atoms with van der Waals surface area (Å²) in [6.07, 6.45) is -0.988. The van der Waals surface area contributed by atoms with Crippen LogP contribution in [0.4, 0.5) is 4.79 Å². The van der Waals surface area contributed by atoms with Crippen LogP contribution in [0.2, 0.25) is 0 Å². The Kier molecular flexibility index (Phi) is 4.28. The molecule has 0 fully saturated rings. The second-order valence-electron chi connectivity index (χ2n) is 7.08. The Labute approximate surface area is 116 Å². The SMILES string of the molecule is CC(C)(C)c1cc(CNC(=O)O)cc(C(C)(C)C)c1. The zero-order valence-corrected chi connectivity index (χ0v) is 12.8. The fraction of sp³-hybridized carbons (Fsp3) is 0.562. The Morgan fingerprint density at radius 1 is 1.00 bits per heavy atom. The third-order valence-corrected chi connectivity index (χ3v) is 3.17. The van der Waals surface area contributed by atoms with Crippen molar-refractivity contribution in [3.05, 3.63) is 34.9 Å². The van der Waals surface area contributed by atoms with Crippen LogP contribution in [0.1, 0.15) is 58.2 Å². The lowest BCUT2D eigenvalue weighted by atomic mass is 9.79. The molecule has 0 radical (unpaired) electrons. The molecule has 0 aromatic heterocycles. The van der Waals surface area contributed by atoms with E-state index in [9.17, 15) is 4.79 Å². The van der Waals surface area contributed by atoms with Crippen molar-refractivity contribution in [3.63, 3.8) is 0 Å². The van der Waals surface area contributed by atoms with Gasteiger partial charge in [-0.15, -0.1) is 0 Å². The van der Waals surface area contributed by atoms with Gasteiger partial charge in [-0.1, -0.05) is 59.7 Å². The van der Waals surface area contributed by atoms with Crippen LogP contribution in [0.15, 0.2) is 18.2 Å². The van der Waals surface area contributed by atoms with Crippen molar-refractivity contribution >= 4 is 6.09 Å². The van der Waals surface area contributed by atoms with Crippen LogP contribution >= 0.6 is 0 Å². The summed E-state index contributed by atoms with van der Waals surface area (Å²) < 4.78 is 0. The van der Waals surface area contributed by atoms with Gasteiger partial charge in [0.05, 0.1) is 0 Å². The summed E-state index contributed by atoms with van der Waals surface area (Å²) in [6.45, 7) is 13.4. The zero-order chi connectivity index (χ0) is 14.8. The Morgan fingerprint density at radius 2 is 1.42 bits per heavy atom. The lowest BCUT2D eigenvalue weighted by Gasteiger charge is -2.26. The van der Waals surface area contributed by atoms with Gasteiger partial charge in [-0.05, 0) is 27.5 Å². The molecule has 3 nitrogen and oxygen atoms in total.